The molecule has 17 heavy (non-hydrogen) atoms. The molecule has 2 bridgehead atoms. The van der Waals surface area contributed by atoms with Crippen molar-refractivity contribution in [2.45, 2.75) is 51.0 Å². The molecule has 3 nitrogen and oxygen atoms in total. The molecule has 4 heteroatoms. The van der Waals surface area contributed by atoms with Crippen LogP contribution in [0.3, 0.4) is 0 Å². The summed E-state index contributed by atoms with van der Waals surface area (Å²) in [6.07, 6.45) is 2.34. The summed E-state index contributed by atoms with van der Waals surface area (Å²) in [4.78, 5) is 11.9. The zero-order valence-corrected chi connectivity index (χ0v) is 12.7. The van der Waals surface area contributed by atoms with Crippen molar-refractivity contribution in [2.24, 2.45) is 16.7 Å². The van der Waals surface area contributed by atoms with Crippen molar-refractivity contribution < 1.29 is 9.90 Å². The third-order valence-electron chi connectivity index (χ3n) is 6.07. The minimum absolute atomic E-state index is 0.0126. The Morgan fingerprint density at radius 3 is 2.59 bits per heavy atom. The van der Waals surface area contributed by atoms with Gasteiger partial charge in [0.1, 0.15) is 0 Å². The van der Waals surface area contributed by atoms with E-state index < -0.39 is 5.60 Å². The summed E-state index contributed by atoms with van der Waals surface area (Å²) in [5.74, 6) is 0.732. The number of hydrogen-bond donors (Lipinski definition) is 1. The van der Waals surface area contributed by atoms with Crippen molar-refractivity contribution >= 4 is 21.1 Å². The first-order valence-corrected chi connectivity index (χ1v) is 8.17. The van der Waals surface area contributed by atoms with Crippen molar-refractivity contribution in [1.82, 2.24) is 3.92 Å². The number of amides is 1. The molecule has 0 aromatic rings. The molecule has 1 saturated heterocycles. The van der Waals surface area contributed by atoms with Crippen molar-refractivity contribution in [3.63, 3.8) is 0 Å². The number of nitrogens with zero attached hydrogens (tertiary/aromatic N) is 1. The van der Waals surface area contributed by atoms with E-state index in [4.69, 9.17) is 0 Å². The molecule has 1 amide bonds. The first kappa shape index (κ1) is 12.0. The standard InChI is InChI=1S/C13H21NO2Se/c1-8(15)14-7-13(16)10(17-14)9-5-6-12(13,4)11(9,2)3/h9-10,16H,5-7H2,1-4H3/t9?,10?,12-,13-/m1/s1. The van der Waals surface area contributed by atoms with Gasteiger partial charge >= 0.3 is 109 Å². The second-order valence-electron chi connectivity index (χ2n) is 6.70. The van der Waals surface area contributed by atoms with E-state index in [1.165, 1.54) is 6.42 Å². The van der Waals surface area contributed by atoms with Gasteiger partial charge in [0.15, 0.2) is 0 Å². The summed E-state index contributed by atoms with van der Waals surface area (Å²) in [7, 11) is 0. The van der Waals surface area contributed by atoms with Crippen LogP contribution >= 0.6 is 0 Å². The van der Waals surface area contributed by atoms with Crippen molar-refractivity contribution in [1.29, 1.82) is 0 Å². The van der Waals surface area contributed by atoms with E-state index in [9.17, 15) is 9.90 Å². The van der Waals surface area contributed by atoms with Crippen LogP contribution in [-0.4, -0.2) is 42.3 Å². The minimum atomic E-state index is -0.620. The van der Waals surface area contributed by atoms with E-state index in [0.29, 0.717) is 17.3 Å². The molecule has 96 valence electrons. The molecule has 3 rings (SSSR count). The number of fused-ring (bicyclic) bond motifs is 5. The summed E-state index contributed by atoms with van der Waals surface area (Å²) in [5, 5.41) is 11.2. The third kappa shape index (κ3) is 1.11. The Morgan fingerprint density at radius 1 is 1.41 bits per heavy atom. The molecule has 2 saturated carbocycles. The van der Waals surface area contributed by atoms with Crippen molar-refractivity contribution in [3.8, 4) is 0 Å². The Morgan fingerprint density at radius 2 is 2.06 bits per heavy atom. The van der Waals surface area contributed by atoms with Gasteiger partial charge in [-0.1, -0.05) is 0 Å². The fraction of sp³-hybridized carbons (Fsp3) is 0.923. The number of β-amino-alcohol motifs (C(OH)–C–C–N with tert-alkyl or cyclic N) is 1. The second kappa shape index (κ2) is 3.09. The molecule has 0 aromatic heterocycles. The van der Waals surface area contributed by atoms with Crippen molar-refractivity contribution in [2.75, 3.05) is 6.54 Å². The first-order chi connectivity index (χ1) is 7.74. The SMILES string of the molecule is CC(=O)N1C[C@@]2(O)C([Se]1)C1CC[C@]2(C)C1(C)C. The van der Waals surface area contributed by atoms with Crippen LogP contribution in [-0.2, 0) is 4.79 Å². The van der Waals surface area contributed by atoms with Crippen LogP contribution in [0.1, 0.15) is 40.5 Å². The number of carbonyl (C=O) groups excluding carboxylic acids is 1. The normalized spacial score (nSPS) is 50.8. The molecule has 2 unspecified atom stereocenters. The maximum atomic E-state index is 11.5. The number of rotatable bonds is 0. The van der Waals surface area contributed by atoms with E-state index >= 15 is 0 Å². The van der Waals surface area contributed by atoms with Crippen LogP contribution in [0.5, 0.6) is 0 Å². The molecule has 3 aliphatic rings. The molecule has 0 radical (unpaired) electrons. The zero-order valence-electron chi connectivity index (χ0n) is 11.0. The summed E-state index contributed by atoms with van der Waals surface area (Å²) in [5.41, 5.74) is -0.413. The van der Waals surface area contributed by atoms with E-state index in [0.717, 1.165) is 6.42 Å². The Balaban J connectivity index is 2.03. The summed E-state index contributed by atoms with van der Waals surface area (Å²) in [6, 6.07) is 0. The van der Waals surface area contributed by atoms with E-state index in [-0.39, 0.29) is 31.9 Å². The molecule has 4 atom stereocenters. The van der Waals surface area contributed by atoms with E-state index in [2.05, 4.69) is 20.8 Å². The Hall–Kier alpha value is -0.0505. The molecule has 0 spiro atoms. The maximum absolute atomic E-state index is 11.5. The molecule has 1 N–H and O–H groups in total. The van der Waals surface area contributed by atoms with Gasteiger partial charge < -0.3 is 0 Å². The molecular weight excluding hydrogens is 281 g/mol. The summed E-state index contributed by atoms with van der Waals surface area (Å²) in [6.45, 7) is 9.07. The predicted octanol–water partition coefficient (Wildman–Crippen LogP) is 1.44. The van der Waals surface area contributed by atoms with Gasteiger partial charge in [-0.3, -0.25) is 0 Å². The zero-order chi connectivity index (χ0) is 12.6. The van der Waals surface area contributed by atoms with E-state index in [1.54, 1.807) is 6.92 Å². The van der Waals surface area contributed by atoms with Crippen LogP contribution in [0.4, 0.5) is 0 Å². The fourth-order valence-electron chi connectivity index (χ4n) is 4.49. The van der Waals surface area contributed by atoms with Crippen molar-refractivity contribution in [3.05, 3.63) is 0 Å². The number of hydrogen-bond acceptors (Lipinski definition) is 2. The van der Waals surface area contributed by atoms with Crippen LogP contribution in [0.25, 0.3) is 0 Å². The number of carbonyl (C=O) groups is 1. The molecule has 1 aliphatic heterocycles. The molecule has 1 heterocycles. The van der Waals surface area contributed by atoms with Gasteiger partial charge in [-0.2, -0.15) is 0 Å². The molecule has 2 aliphatic carbocycles. The van der Waals surface area contributed by atoms with E-state index in [1.807, 2.05) is 3.92 Å². The Labute approximate surface area is 109 Å². The van der Waals surface area contributed by atoms with Gasteiger partial charge in [0.25, 0.3) is 0 Å². The molecular formula is C13H21NO2Se. The number of aliphatic hydroxyl groups is 1. The Kier molecular flexibility index (Phi) is 2.18. The van der Waals surface area contributed by atoms with Crippen LogP contribution < -0.4 is 0 Å². The molecule has 3 fully saturated rings. The average molecular weight is 302 g/mol. The fourth-order valence-corrected chi connectivity index (χ4v) is 8.32. The summed E-state index contributed by atoms with van der Waals surface area (Å²) < 4.78 is 1.91. The Bertz CT molecular complexity index is 397. The monoisotopic (exact) mass is 303 g/mol. The van der Waals surface area contributed by atoms with Gasteiger partial charge in [0, 0.05) is 0 Å². The predicted molar refractivity (Wildman–Crippen MR) is 66.5 cm³/mol. The van der Waals surface area contributed by atoms with Gasteiger partial charge in [-0.05, 0) is 0 Å². The van der Waals surface area contributed by atoms with Crippen LogP contribution in [0.15, 0.2) is 0 Å². The summed E-state index contributed by atoms with van der Waals surface area (Å²) >= 11 is 0.140. The van der Waals surface area contributed by atoms with Crippen LogP contribution in [0.2, 0.25) is 4.82 Å². The quantitative estimate of drug-likeness (QED) is 0.688. The van der Waals surface area contributed by atoms with Gasteiger partial charge in [-0.15, -0.1) is 0 Å². The first-order valence-electron chi connectivity index (χ1n) is 6.41. The van der Waals surface area contributed by atoms with Gasteiger partial charge in [0.05, 0.1) is 0 Å². The average Bonchev–Trinajstić information content (AvgIpc) is 2.71. The van der Waals surface area contributed by atoms with Gasteiger partial charge in [0.2, 0.25) is 0 Å². The van der Waals surface area contributed by atoms with Crippen LogP contribution in [0, 0.1) is 16.7 Å². The topological polar surface area (TPSA) is 40.5 Å². The second-order valence-corrected chi connectivity index (χ2v) is 9.14. The molecule has 0 aromatic carbocycles. The third-order valence-corrected chi connectivity index (χ3v) is 9.40. The van der Waals surface area contributed by atoms with Gasteiger partial charge in [-0.25, -0.2) is 0 Å².